The minimum atomic E-state index is -3.78. The van der Waals surface area contributed by atoms with Crippen molar-refractivity contribution in [3.63, 3.8) is 0 Å². The fourth-order valence-electron chi connectivity index (χ4n) is 5.57. The quantitative estimate of drug-likeness (QED) is 0.675. The van der Waals surface area contributed by atoms with Gasteiger partial charge in [0.1, 0.15) is 0 Å². The van der Waals surface area contributed by atoms with Crippen LogP contribution >= 0.6 is 0 Å². The molecular weight excluding hydrogens is 450 g/mol. The first kappa shape index (κ1) is 23.1. The molecule has 3 heterocycles. The van der Waals surface area contributed by atoms with E-state index in [0.29, 0.717) is 32.5 Å². The number of piperidine rings is 1. The van der Waals surface area contributed by atoms with Crippen molar-refractivity contribution in [3.05, 3.63) is 59.2 Å². The maximum atomic E-state index is 13.6. The zero-order valence-corrected chi connectivity index (χ0v) is 20.8. The molecule has 0 aliphatic carbocycles. The van der Waals surface area contributed by atoms with Crippen LogP contribution in [0.2, 0.25) is 0 Å². The number of sulfonamides is 1. The number of carbonyl (C=O) groups is 2. The lowest BCUT2D eigenvalue weighted by Crippen LogP contribution is -2.47. The number of nitrogens with zero attached hydrogens (tertiary/aromatic N) is 3. The molecule has 0 radical (unpaired) electrons. The molecule has 1 fully saturated rings. The van der Waals surface area contributed by atoms with Gasteiger partial charge >= 0.3 is 0 Å². The standard InChI is InChI=1S/C26H31N3O4S/c1-26(2)22-15-21(10-11-23(22)27(3)25(26)31)34(32,33)29-13-6-9-20(17-29)24(30)28-14-12-18-7-4-5-8-19(18)16-28/h4-5,7-8,10-11,15,20H,6,9,12-14,16-17H2,1-3H3/t20-/m0/s1. The molecule has 0 aromatic heterocycles. The van der Waals surface area contributed by atoms with Crippen LogP contribution < -0.4 is 4.90 Å². The van der Waals surface area contributed by atoms with Gasteiger partial charge in [-0.2, -0.15) is 4.31 Å². The number of hydrogen-bond acceptors (Lipinski definition) is 4. The van der Waals surface area contributed by atoms with Crippen LogP contribution in [0.5, 0.6) is 0 Å². The smallest absolute Gasteiger partial charge is 0.243 e. The first-order valence-corrected chi connectivity index (χ1v) is 13.3. The van der Waals surface area contributed by atoms with Gasteiger partial charge in [-0.05, 0) is 68.0 Å². The predicted molar refractivity (Wildman–Crippen MR) is 130 cm³/mol. The van der Waals surface area contributed by atoms with E-state index in [1.807, 2.05) is 30.9 Å². The summed E-state index contributed by atoms with van der Waals surface area (Å²) in [5.41, 5.74) is 3.13. The van der Waals surface area contributed by atoms with Crippen LogP contribution in [-0.2, 0) is 38.0 Å². The number of anilines is 1. The highest BCUT2D eigenvalue weighted by atomic mass is 32.2. The van der Waals surface area contributed by atoms with Gasteiger partial charge in [-0.15, -0.1) is 0 Å². The van der Waals surface area contributed by atoms with Crippen molar-refractivity contribution >= 4 is 27.5 Å². The SMILES string of the molecule is CN1C(=O)C(C)(C)c2cc(S(=O)(=O)N3CCC[C@H](C(=O)N4CCc5ccccc5C4)C3)ccc21. The van der Waals surface area contributed by atoms with E-state index in [4.69, 9.17) is 0 Å². The van der Waals surface area contributed by atoms with Crippen molar-refractivity contribution in [2.45, 2.75) is 50.0 Å². The Labute approximate surface area is 201 Å². The van der Waals surface area contributed by atoms with Crippen LogP contribution in [0, 0.1) is 5.92 Å². The second-order valence-corrected chi connectivity index (χ2v) is 12.1. The minimum absolute atomic E-state index is 0.0386. The van der Waals surface area contributed by atoms with Crippen molar-refractivity contribution < 1.29 is 18.0 Å². The summed E-state index contributed by atoms with van der Waals surface area (Å²) in [6.45, 7) is 5.48. The molecule has 2 amide bonds. The summed E-state index contributed by atoms with van der Waals surface area (Å²) < 4.78 is 28.6. The van der Waals surface area contributed by atoms with E-state index >= 15 is 0 Å². The minimum Gasteiger partial charge on any atom is -0.338 e. The molecular formula is C26H31N3O4S. The molecule has 34 heavy (non-hydrogen) atoms. The fourth-order valence-corrected chi connectivity index (χ4v) is 7.12. The third-order valence-electron chi connectivity index (χ3n) is 7.66. The van der Waals surface area contributed by atoms with Gasteiger partial charge in [-0.1, -0.05) is 24.3 Å². The highest BCUT2D eigenvalue weighted by Crippen LogP contribution is 2.42. The Bertz CT molecular complexity index is 1270. The summed E-state index contributed by atoms with van der Waals surface area (Å²) in [5.74, 6) is -0.354. The lowest BCUT2D eigenvalue weighted by Gasteiger charge is -2.36. The number of rotatable bonds is 3. The Hall–Kier alpha value is -2.71. The van der Waals surface area contributed by atoms with E-state index in [1.54, 1.807) is 30.1 Å². The maximum absolute atomic E-state index is 13.6. The number of fused-ring (bicyclic) bond motifs is 2. The highest BCUT2D eigenvalue weighted by molar-refractivity contribution is 7.89. The van der Waals surface area contributed by atoms with Gasteiger partial charge in [-0.3, -0.25) is 9.59 Å². The van der Waals surface area contributed by atoms with Crippen molar-refractivity contribution in [1.29, 1.82) is 0 Å². The molecule has 2 aromatic carbocycles. The Morgan fingerprint density at radius 2 is 1.79 bits per heavy atom. The molecule has 7 nitrogen and oxygen atoms in total. The molecule has 0 bridgehead atoms. The molecule has 5 rings (SSSR count). The van der Waals surface area contributed by atoms with Gasteiger partial charge < -0.3 is 9.80 Å². The summed E-state index contributed by atoms with van der Waals surface area (Å²) in [7, 11) is -2.07. The summed E-state index contributed by atoms with van der Waals surface area (Å²) >= 11 is 0. The van der Waals surface area contributed by atoms with Crippen LogP contribution in [0.1, 0.15) is 43.4 Å². The molecule has 1 atom stereocenters. The van der Waals surface area contributed by atoms with Gasteiger partial charge in [-0.25, -0.2) is 8.42 Å². The number of amides is 2. The van der Waals surface area contributed by atoms with Gasteiger partial charge in [0.2, 0.25) is 21.8 Å². The summed E-state index contributed by atoms with van der Waals surface area (Å²) in [6, 6.07) is 13.1. The molecule has 0 saturated carbocycles. The topological polar surface area (TPSA) is 78.0 Å². The third-order valence-corrected chi connectivity index (χ3v) is 9.52. The molecule has 8 heteroatoms. The van der Waals surface area contributed by atoms with Gasteiger partial charge in [0, 0.05) is 38.9 Å². The molecule has 1 saturated heterocycles. The molecule has 0 spiro atoms. The van der Waals surface area contributed by atoms with Crippen molar-refractivity contribution in [3.8, 4) is 0 Å². The van der Waals surface area contributed by atoms with Gasteiger partial charge in [0.05, 0.1) is 16.2 Å². The summed E-state index contributed by atoms with van der Waals surface area (Å²) in [5, 5.41) is 0. The van der Waals surface area contributed by atoms with Crippen LogP contribution in [0.15, 0.2) is 47.4 Å². The lowest BCUT2D eigenvalue weighted by molar-refractivity contribution is -0.137. The molecule has 2 aromatic rings. The second kappa shape index (κ2) is 8.20. The summed E-state index contributed by atoms with van der Waals surface area (Å²) in [4.78, 5) is 29.6. The molecule has 3 aliphatic heterocycles. The van der Waals surface area contributed by atoms with Gasteiger partial charge in [0.15, 0.2) is 0 Å². The normalized spacial score (nSPS) is 22.4. The van der Waals surface area contributed by atoms with Crippen LogP contribution in [0.25, 0.3) is 0 Å². The lowest BCUT2D eigenvalue weighted by atomic mass is 9.86. The Morgan fingerprint density at radius 1 is 1.06 bits per heavy atom. The number of hydrogen-bond donors (Lipinski definition) is 0. The zero-order valence-electron chi connectivity index (χ0n) is 20.0. The Morgan fingerprint density at radius 3 is 2.56 bits per heavy atom. The molecule has 3 aliphatic rings. The second-order valence-electron chi connectivity index (χ2n) is 10.1. The molecule has 0 N–H and O–H groups in total. The zero-order chi connectivity index (χ0) is 24.3. The van der Waals surface area contributed by atoms with Crippen LogP contribution in [0.4, 0.5) is 5.69 Å². The van der Waals surface area contributed by atoms with Crippen molar-refractivity contribution in [1.82, 2.24) is 9.21 Å². The summed E-state index contributed by atoms with van der Waals surface area (Å²) in [6.07, 6.45) is 2.17. The van der Waals surface area contributed by atoms with Crippen molar-refractivity contribution in [2.75, 3.05) is 31.6 Å². The van der Waals surface area contributed by atoms with Crippen LogP contribution in [0.3, 0.4) is 0 Å². The highest BCUT2D eigenvalue weighted by Gasteiger charge is 2.43. The average Bonchev–Trinajstić information content (AvgIpc) is 3.03. The molecule has 180 valence electrons. The van der Waals surface area contributed by atoms with E-state index in [9.17, 15) is 18.0 Å². The first-order chi connectivity index (χ1) is 16.1. The Balaban J connectivity index is 1.36. The average molecular weight is 482 g/mol. The Kier molecular flexibility index (Phi) is 5.56. The van der Waals surface area contributed by atoms with Gasteiger partial charge in [0.25, 0.3) is 0 Å². The predicted octanol–water partition coefficient (Wildman–Crippen LogP) is 2.93. The van der Waals surface area contributed by atoms with E-state index in [1.165, 1.54) is 15.4 Å². The monoisotopic (exact) mass is 481 g/mol. The number of benzene rings is 2. The third kappa shape index (κ3) is 3.64. The van der Waals surface area contributed by atoms with E-state index in [-0.39, 0.29) is 29.2 Å². The van der Waals surface area contributed by atoms with E-state index in [0.717, 1.165) is 17.7 Å². The van der Waals surface area contributed by atoms with Crippen molar-refractivity contribution in [2.24, 2.45) is 5.92 Å². The largest absolute Gasteiger partial charge is 0.338 e. The number of likely N-dealkylation sites (N-methyl/N-ethyl adjacent to an activating group) is 1. The first-order valence-electron chi connectivity index (χ1n) is 11.9. The maximum Gasteiger partial charge on any atom is 0.243 e. The van der Waals surface area contributed by atoms with E-state index in [2.05, 4.69) is 12.1 Å². The fraction of sp³-hybridized carbons (Fsp3) is 0.462. The number of carbonyl (C=O) groups excluding carboxylic acids is 2. The van der Waals surface area contributed by atoms with E-state index < -0.39 is 15.4 Å². The van der Waals surface area contributed by atoms with Crippen LogP contribution in [-0.4, -0.2) is 56.1 Å². The molecule has 0 unspecified atom stereocenters.